The highest BCUT2D eigenvalue weighted by Crippen LogP contribution is 2.29. The maximum atomic E-state index is 12.3. The van der Waals surface area contributed by atoms with Crippen molar-refractivity contribution in [2.75, 3.05) is 19.4 Å². The molecule has 1 amide bonds. The molecule has 0 aliphatic heterocycles. The lowest BCUT2D eigenvalue weighted by Gasteiger charge is -2.21. The zero-order valence-corrected chi connectivity index (χ0v) is 17.6. The van der Waals surface area contributed by atoms with E-state index in [0.717, 1.165) is 18.6 Å². The Hall–Kier alpha value is -3.35. The molecule has 0 bridgehead atoms. The molecule has 7 nitrogen and oxygen atoms in total. The molecule has 30 heavy (non-hydrogen) atoms. The predicted molar refractivity (Wildman–Crippen MR) is 115 cm³/mol. The maximum absolute atomic E-state index is 12.3. The molecule has 3 aromatic rings. The molecule has 0 radical (unpaired) electrons. The fourth-order valence-electron chi connectivity index (χ4n) is 3.49. The highest BCUT2D eigenvalue weighted by Gasteiger charge is 2.26. The van der Waals surface area contributed by atoms with Gasteiger partial charge in [-0.05, 0) is 37.1 Å². The van der Waals surface area contributed by atoms with Gasteiger partial charge in [0, 0.05) is 26.1 Å². The molecule has 1 heterocycles. The molecule has 0 fully saturated rings. The Kier molecular flexibility index (Phi) is 6.10. The van der Waals surface area contributed by atoms with E-state index < -0.39 is 10.9 Å². The Morgan fingerprint density at radius 3 is 2.50 bits per heavy atom. The molecule has 1 unspecified atom stereocenters. The van der Waals surface area contributed by atoms with Crippen LogP contribution in [0.25, 0.3) is 0 Å². The molecule has 158 valence electrons. The zero-order chi connectivity index (χ0) is 22.0. The average molecular weight is 410 g/mol. The molecule has 2 aromatic carbocycles. The van der Waals surface area contributed by atoms with Gasteiger partial charge in [-0.2, -0.15) is 0 Å². The Balaban J connectivity index is 1.91. The third-order valence-electron chi connectivity index (χ3n) is 5.13. The van der Waals surface area contributed by atoms with Gasteiger partial charge < -0.3 is 19.7 Å². The first-order valence-corrected chi connectivity index (χ1v) is 9.92. The highest BCUT2D eigenvalue weighted by atomic mass is 16.3. The lowest BCUT2D eigenvalue weighted by Crippen LogP contribution is -2.39. The number of carbonyl (C=O) groups excluding carboxylic acids is 1. The first-order valence-electron chi connectivity index (χ1n) is 9.92. The van der Waals surface area contributed by atoms with Crippen LogP contribution in [0, 0.1) is 6.92 Å². The normalized spacial score (nSPS) is 12.1. The number of aryl methyl sites for hydroxylation is 1. The fourth-order valence-corrected chi connectivity index (χ4v) is 3.49. The average Bonchev–Trinajstić information content (AvgIpc) is 3.16. The second kappa shape index (κ2) is 8.57. The summed E-state index contributed by atoms with van der Waals surface area (Å²) in [5.41, 5.74) is -0.0359. The number of furan rings is 1. The number of hydrogen-bond acceptors (Lipinski definition) is 6. The van der Waals surface area contributed by atoms with E-state index in [2.05, 4.69) is 5.32 Å². The Morgan fingerprint density at radius 1 is 1.17 bits per heavy atom. The summed E-state index contributed by atoms with van der Waals surface area (Å²) in [6.45, 7) is 3.87. The van der Waals surface area contributed by atoms with Gasteiger partial charge >= 0.3 is 0 Å². The number of hydrogen-bond donors (Lipinski definition) is 2. The van der Waals surface area contributed by atoms with Crippen molar-refractivity contribution in [1.29, 1.82) is 0 Å². The second-order valence-electron chi connectivity index (χ2n) is 7.64. The van der Waals surface area contributed by atoms with Crippen LogP contribution >= 0.6 is 0 Å². The number of anilines is 1. The standard InChI is InChI=1S/C23H26N2O5/c1-5-7-17(18-11-10-13(2)30-18)24-19-16(21(27)22(19)28)12-14-8-6-9-15(20(14)26)23(29)25(3)4/h6,8-11,17,24,26H,5,7,12H2,1-4H3. The smallest absolute Gasteiger partial charge is 0.257 e. The molecule has 7 heteroatoms. The summed E-state index contributed by atoms with van der Waals surface area (Å²) in [5.74, 6) is 0.955. The topological polar surface area (TPSA) is 99.9 Å². The van der Waals surface area contributed by atoms with Gasteiger partial charge in [-0.25, -0.2) is 0 Å². The van der Waals surface area contributed by atoms with Crippen LogP contribution in [0.5, 0.6) is 5.75 Å². The van der Waals surface area contributed by atoms with Crippen molar-refractivity contribution >= 4 is 11.6 Å². The van der Waals surface area contributed by atoms with Crippen LogP contribution < -0.4 is 16.2 Å². The van der Waals surface area contributed by atoms with Gasteiger partial charge in [-0.15, -0.1) is 0 Å². The lowest BCUT2D eigenvalue weighted by atomic mass is 9.95. The molecule has 3 rings (SSSR count). The molecule has 0 saturated heterocycles. The number of para-hydroxylation sites is 1. The van der Waals surface area contributed by atoms with Crippen LogP contribution in [0.4, 0.5) is 5.69 Å². The molecular weight excluding hydrogens is 384 g/mol. The summed E-state index contributed by atoms with van der Waals surface area (Å²) in [6, 6.07) is 8.29. The van der Waals surface area contributed by atoms with Crippen molar-refractivity contribution in [2.24, 2.45) is 0 Å². The summed E-state index contributed by atoms with van der Waals surface area (Å²) in [7, 11) is 3.19. The summed E-state index contributed by atoms with van der Waals surface area (Å²) >= 11 is 0. The number of nitrogens with one attached hydrogen (secondary N) is 1. The van der Waals surface area contributed by atoms with Crippen molar-refractivity contribution < 1.29 is 14.3 Å². The van der Waals surface area contributed by atoms with Gasteiger partial charge in [-0.1, -0.05) is 25.5 Å². The molecule has 0 spiro atoms. The maximum Gasteiger partial charge on any atom is 0.257 e. The Morgan fingerprint density at radius 2 is 1.90 bits per heavy atom. The van der Waals surface area contributed by atoms with Gasteiger partial charge in [0.2, 0.25) is 10.9 Å². The summed E-state index contributed by atoms with van der Waals surface area (Å²) < 4.78 is 5.70. The summed E-state index contributed by atoms with van der Waals surface area (Å²) in [6.07, 6.45) is 1.64. The first-order chi connectivity index (χ1) is 14.2. The first kappa shape index (κ1) is 21.4. The molecule has 2 N–H and O–H groups in total. The number of benzene rings is 1. The van der Waals surface area contributed by atoms with Gasteiger partial charge in [0.25, 0.3) is 5.91 Å². The van der Waals surface area contributed by atoms with Crippen LogP contribution in [0.2, 0.25) is 0 Å². The minimum atomic E-state index is -0.577. The number of amides is 1. The molecule has 1 aromatic heterocycles. The molecule has 0 aliphatic carbocycles. The van der Waals surface area contributed by atoms with E-state index in [1.54, 1.807) is 26.2 Å². The van der Waals surface area contributed by atoms with E-state index in [1.165, 1.54) is 11.0 Å². The van der Waals surface area contributed by atoms with Crippen LogP contribution in [0.15, 0.2) is 44.3 Å². The lowest BCUT2D eigenvalue weighted by molar-refractivity contribution is 0.0824. The van der Waals surface area contributed by atoms with Gasteiger partial charge in [0.15, 0.2) is 0 Å². The van der Waals surface area contributed by atoms with Crippen LogP contribution in [0.1, 0.15) is 58.8 Å². The SMILES string of the molecule is CCCC(Nc1c(Cc2cccc(C(=O)N(C)C)c2O)c(=O)c1=O)c1ccc(C)o1. The van der Waals surface area contributed by atoms with Crippen molar-refractivity contribution in [3.63, 3.8) is 0 Å². The quantitative estimate of drug-likeness (QED) is 0.554. The van der Waals surface area contributed by atoms with Gasteiger partial charge in [-0.3, -0.25) is 14.4 Å². The molecule has 1 atom stereocenters. The van der Waals surface area contributed by atoms with Crippen LogP contribution in [-0.4, -0.2) is 30.0 Å². The van der Waals surface area contributed by atoms with Gasteiger partial charge in [0.05, 0.1) is 17.3 Å². The molecule has 0 saturated carbocycles. The van der Waals surface area contributed by atoms with E-state index in [1.807, 2.05) is 26.0 Å². The number of rotatable bonds is 8. The third-order valence-corrected chi connectivity index (χ3v) is 5.13. The van der Waals surface area contributed by atoms with E-state index in [0.29, 0.717) is 16.9 Å². The van der Waals surface area contributed by atoms with E-state index in [4.69, 9.17) is 4.42 Å². The van der Waals surface area contributed by atoms with Crippen LogP contribution in [0.3, 0.4) is 0 Å². The highest BCUT2D eigenvalue weighted by molar-refractivity contribution is 5.97. The van der Waals surface area contributed by atoms with E-state index >= 15 is 0 Å². The van der Waals surface area contributed by atoms with Crippen molar-refractivity contribution in [2.45, 2.75) is 39.2 Å². The van der Waals surface area contributed by atoms with E-state index in [-0.39, 0.29) is 35.4 Å². The largest absolute Gasteiger partial charge is 0.507 e. The number of aromatic hydroxyl groups is 1. The summed E-state index contributed by atoms with van der Waals surface area (Å²) in [4.78, 5) is 38.1. The number of carbonyl (C=O) groups is 1. The Labute approximate surface area is 174 Å². The minimum Gasteiger partial charge on any atom is -0.507 e. The fraction of sp³-hybridized carbons (Fsp3) is 0.348. The predicted octanol–water partition coefficient (Wildman–Crippen LogP) is 3.14. The molecule has 0 aliphatic rings. The Bertz CT molecular complexity index is 1140. The minimum absolute atomic E-state index is 0.0588. The zero-order valence-electron chi connectivity index (χ0n) is 17.6. The number of phenolic OH excluding ortho intramolecular Hbond substituents is 1. The van der Waals surface area contributed by atoms with Crippen molar-refractivity contribution in [3.8, 4) is 5.75 Å². The van der Waals surface area contributed by atoms with Crippen molar-refractivity contribution in [1.82, 2.24) is 4.90 Å². The third kappa shape index (κ3) is 4.01. The summed E-state index contributed by atoms with van der Waals surface area (Å²) in [5, 5.41) is 13.7. The second-order valence-corrected chi connectivity index (χ2v) is 7.64. The van der Waals surface area contributed by atoms with E-state index in [9.17, 15) is 19.5 Å². The van der Waals surface area contributed by atoms with Gasteiger partial charge in [0.1, 0.15) is 17.3 Å². The monoisotopic (exact) mass is 410 g/mol. The van der Waals surface area contributed by atoms with Crippen LogP contribution in [-0.2, 0) is 6.42 Å². The number of nitrogens with zero attached hydrogens (tertiary/aromatic N) is 1. The molecular formula is C23H26N2O5. The number of phenols is 1. The van der Waals surface area contributed by atoms with Crippen molar-refractivity contribution in [3.05, 3.63) is 79.0 Å².